The third kappa shape index (κ3) is 4.18. The van der Waals surface area contributed by atoms with E-state index in [-0.39, 0.29) is 5.41 Å². The summed E-state index contributed by atoms with van der Waals surface area (Å²) in [6, 6.07) is 20.3. The topological polar surface area (TPSA) is 12.0 Å². The number of hydrogen-bond acceptors (Lipinski definition) is 1. The van der Waals surface area contributed by atoms with Crippen molar-refractivity contribution >= 4 is 0 Å². The molecule has 1 N–H and O–H groups in total. The number of rotatable bonds is 4. The second kappa shape index (κ2) is 6.44. The molecule has 0 fully saturated rings. The second-order valence-electron chi connectivity index (χ2n) is 6.89. The molecule has 0 aliphatic carbocycles. The lowest BCUT2D eigenvalue weighted by atomic mass is 9.86. The van der Waals surface area contributed by atoms with Gasteiger partial charge >= 0.3 is 0 Å². The standard InChI is InChI=1S/C20H27N/c1-15(17-9-7-6-8-10-17)21-16(2)18-11-13-19(14-12-18)20(3,4)5/h6-16,21H,1-5H3/t15-,16?/m1/s1. The SMILES string of the molecule is CC(N[C@H](C)c1ccccc1)c1ccc(C(C)(C)C)cc1. The van der Waals surface area contributed by atoms with Crippen LogP contribution in [0.5, 0.6) is 0 Å². The lowest BCUT2D eigenvalue weighted by molar-refractivity contribution is 0.494. The zero-order valence-electron chi connectivity index (χ0n) is 13.9. The highest BCUT2D eigenvalue weighted by molar-refractivity contribution is 5.29. The van der Waals surface area contributed by atoms with Gasteiger partial charge in [-0.2, -0.15) is 0 Å². The molecule has 2 atom stereocenters. The Hall–Kier alpha value is -1.60. The Balaban J connectivity index is 2.05. The number of benzene rings is 2. The Kier molecular flexibility index (Phi) is 4.84. The molecule has 0 bridgehead atoms. The van der Waals surface area contributed by atoms with Gasteiger partial charge in [-0.05, 0) is 36.0 Å². The minimum absolute atomic E-state index is 0.215. The molecule has 2 aromatic carbocycles. The van der Waals surface area contributed by atoms with Crippen molar-refractivity contribution in [2.75, 3.05) is 0 Å². The summed E-state index contributed by atoms with van der Waals surface area (Å²) in [4.78, 5) is 0. The van der Waals surface area contributed by atoms with E-state index < -0.39 is 0 Å². The van der Waals surface area contributed by atoms with Crippen molar-refractivity contribution in [3.05, 3.63) is 71.3 Å². The largest absolute Gasteiger partial charge is 0.304 e. The maximum atomic E-state index is 3.67. The van der Waals surface area contributed by atoms with Gasteiger partial charge in [0.05, 0.1) is 0 Å². The maximum absolute atomic E-state index is 3.67. The van der Waals surface area contributed by atoms with Gasteiger partial charge in [-0.3, -0.25) is 0 Å². The second-order valence-corrected chi connectivity index (χ2v) is 6.89. The van der Waals surface area contributed by atoms with Crippen molar-refractivity contribution in [3.8, 4) is 0 Å². The van der Waals surface area contributed by atoms with E-state index in [2.05, 4.69) is 94.5 Å². The highest BCUT2D eigenvalue weighted by atomic mass is 14.9. The fourth-order valence-corrected chi connectivity index (χ4v) is 2.58. The van der Waals surface area contributed by atoms with Crippen LogP contribution in [0.1, 0.15) is 63.4 Å². The van der Waals surface area contributed by atoms with Gasteiger partial charge in [-0.15, -0.1) is 0 Å². The quantitative estimate of drug-likeness (QED) is 0.791. The Morgan fingerprint density at radius 1 is 0.714 bits per heavy atom. The van der Waals surface area contributed by atoms with E-state index in [0.717, 1.165) is 0 Å². The van der Waals surface area contributed by atoms with Crippen LogP contribution in [0.25, 0.3) is 0 Å². The Labute approximate surface area is 129 Å². The van der Waals surface area contributed by atoms with Crippen molar-refractivity contribution in [1.82, 2.24) is 5.32 Å². The molecule has 0 aliphatic rings. The minimum Gasteiger partial charge on any atom is -0.304 e. The normalized spacial score (nSPS) is 14.7. The summed E-state index contributed by atoms with van der Waals surface area (Å²) in [6.07, 6.45) is 0. The first-order chi connectivity index (χ1) is 9.88. The molecule has 2 rings (SSSR count). The van der Waals surface area contributed by atoms with Crippen molar-refractivity contribution in [1.29, 1.82) is 0 Å². The third-order valence-electron chi connectivity index (χ3n) is 4.08. The van der Waals surface area contributed by atoms with Crippen LogP contribution in [0.4, 0.5) is 0 Å². The summed E-state index contributed by atoms with van der Waals surface area (Å²) >= 11 is 0. The Morgan fingerprint density at radius 3 is 1.67 bits per heavy atom. The molecule has 21 heavy (non-hydrogen) atoms. The van der Waals surface area contributed by atoms with E-state index in [1.54, 1.807) is 0 Å². The molecular formula is C20H27N. The highest BCUT2D eigenvalue weighted by Crippen LogP contribution is 2.25. The van der Waals surface area contributed by atoms with Gasteiger partial charge < -0.3 is 5.32 Å². The first-order valence-electron chi connectivity index (χ1n) is 7.79. The summed E-state index contributed by atoms with van der Waals surface area (Å²) in [7, 11) is 0. The molecule has 0 aliphatic heterocycles. The average molecular weight is 281 g/mol. The van der Waals surface area contributed by atoms with Crippen LogP contribution in [0.2, 0.25) is 0 Å². The van der Waals surface area contributed by atoms with Crippen LogP contribution < -0.4 is 5.32 Å². The lowest BCUT2D eigenvalue weighted by Gasteiger charge is -2.23. The van der Waals surface area contributed by atoms with Gasteiger partial charge in [0, 0.05) is 12.1 Å². The number of nitrogens with one attached hydrogen (secondary N) is 1. The van der Waals surface area contributed by atoms with E-state index in [9.17, 15) is 0 Å². The van der Waals surface area contributed by atoms with Gasteiger partial charge in [0.1, 0.15) is 0 Å². The fraction of sp³-hybridized carbons (Fsp3) is 0.400. The van der Waals surface area contributed by atoms with E-state index >= 15 is 0 Å². The van der Waals surface area contributed by atoms with Gasteiger partial charge in [0.25, 0.3) is 0 Å². The molecule has 0 aromatic heterocycles. The predicted molar refractivity (Wildman–Crippen MR) is 91.5 cm³/mol. The molecule has 0 amide bonds. The van der Waals surface area contributed by atoms with Crippen LogP contribution in [0, 0.1) is 0 Å². The monoisotopic (exact) mass is 281 g/mol. The molecule has 1 heteroatoms. The highest BCUT2D eigenvalue weighted by Gasteiger charge is 2.15. The summed E-state index contributed by atoms with van der Waals surface area (Å²) in [6.45, 7) is 11.2. The lowest BCUT2D eigenvalue weighted by Crippen LogP contribution is -2.22. The molecule has 0 saturated heterocycles. The van der Waals surface area contributed by atoms with E-state index in [1.165, 1.54) is 16.7 Å². The van der Waals surface area contributed by atoms with Gasteiger partial charge in [0.2, 0.25) is 0 Å². The first-order valence-corrected chi connectivity index (χ1v) is 7.79. The van der Waals surface area contributed by atoms with E-state index in [0.29, 0.717) is 12.1 Å². The molecule has 2 aromatic rings. The molecule has 1 unspecified atom stereocenters. The van der Waals surface area contributed by atoms with Gasteiger partial charge in [-0.1, -0.05) is 75.4 Å². The van der Waals surface area contributed by atoms with Crippen LogP contribution in [0.3, 0.4) is 0 Å². The van der Waals surface area contributed by atoms with Gasteiger partial charge in [-0.25, -0.2) is 0 Å². The van der Waals surface area contributed by atoms with Crippen LogP contribution >= 0.6 is 0 Å². The Morgan fingerprint density at radius 2 is 1.19 bits per heavy atom. The third-order valence-corrected chi connectivity index (χ3v) is 4.08. The average Bonchev–Trinajstić information content (AvgIpc) is 2.47. The first kappa shape index (κ1) is 15.8. The zero-order chi connectivity index (χ0) is 15.5. The summed E-state index contributed by atoms with van der Waals surface area (Å²) in [5, 5.41) is 3.67. The van der Waals surface area contributed by atoms with E-state index in [1.807, 2.05) is 0 Å². The molecule has 0 heterocycles. The molecule has 1 nitrogen and oxygen atoms in total. The molecule has 0 radical (unpaired) electrons. The van der Waals surface area contributed by atoms with Crippen molar-refractivity contribution in [2.24, 2.45) is 0 Å². The predicted octanol–water partition coefficient (Wildman–Crippen LogP) is 5.40. The van der Waals surface area contributed by atoms with Crippen molar-refractivity contribution < 1.29 is 0 Å². The molecule has 0 saturated carbocycles. The fourth-order valence-electron chi connectivity index (χ4n) is 2.58. The van der Waals surface area contributed by atoms with Crippen LogP contribution in [-0.2, 0) is 5.41 Å². The molecule has 112 valence electrons. The zero-order valence-corrected chi connectivity index (χ0v) is 13.9. The van der Waals surface area contributed by atoms with Gasteiger partial charge in [0.15, 0.2) is 0 Å². The summed E-state index contributed by atoms with van der Waals surface area (Å²) in [5.41, 5.74) is 4.27. The smallest absolute Gasteiger partial charge is 0.0297 e. The van der Waals surface area contributed by atoms with Crippen LogP contribution in [0.15, 0.2) is 54.6 Å². The molecular weight excluding hydrogens is 254 g/mol. The minimum atomic E-state index is 0.215. The maximum Gasteiger partial charge on any atom is 0.0297 e. The van der Waals surface area contributed by atoms with Crippen molar-refractivity contribution in [2.45, 2.75) is 52.1 Å². The molecule has 0 spiro atoms. The van der Waals surface area contributed by atoms with Crippen molar-refractivity contribution in [3.63, 3.8) is 0 Å². The van der Waals surface area contributed by atoms with Crippen LogP contribution in [-0.4, -0.2) is 0 Å². The number of hydrogen-bond donors (Lipinski definition) is 1. The Bertz CT molecular complexity index is 549. The summed E-state index contributed by atoms with van der Waals surface area (Å²) in [5.74, 6) is 0. The van der Waals surface area contributed by atoms with E-state index in [4.69, 9.17) is 0 Å². The summed E-state index contributed by atoms with van der Waals surface area (Å²) < 4.78 is 0.